The molecule has 120 valence electrons. The molecule has 3 aromatic rings. The average molecular weight is 309 g/mol. The number of nitrogens with zero attached hydrogens (tertiary/aromatic N) is 4. The van der Waals surface area contributed by atoms with Gasteiger partial charge in [-0.2, -0.15) is 5.10 Å². The highest BCUT2D eigenvalue weighted by atomic mass is 15.3. The molecule has 0 fully saturated rings. The molecule has 1 atom stereocenters. The molecule has 23 heavy (non-hydrogen) atoms. The van der Waals surface area contributed by atoms with E-state index in [2.05, 4.69) is 56.7 Å². The number of aryl methyl sites for hydroxylation is 2. The van der Waals surface area contributed by atoms with Gasteiger partial charge in [-0.3, -0.25) is 4.68 Å². The van der Waals surface area contributed by atoms with E-state index in [1.807, 2.05) is 12.4 Å². The van der Waals surface area contributed by atoms with Crippen LogP contribution in [-0.2, 0) is 19.5 Å². The first kappa shape index (κ1) is 14.5. The summed E-state index contributed by atoms with van der Waals surface area (Å²) >= 11 is 0. The zero-order valence-electron chi connectivity index (χ0n) is 13.8. The van der Waals surface area contributed by atoms with Crippen LogP contribution in [0, 0.1) is 6.92 Å². The van der Waals surface area contributed by atoms with Crippen molar-refractivity contribution in [2.24, 2.45) is 0 Å². The Morgan fingerprint density at radius 3 is 3.13 bits per heavy atom. The maximum Gasteiger partial charge on any atom is 0.139 e. The van der Waals surface area contributed by atoms with E-state index < -0.39 is 0 Å². The summed E-state index contributed by atoms with van der Waals surface area (Å²) in [5.41, 5.74) is 6.25. The molecular weight excluding hydrogens is 286 g/mol. The van der Waals surface area contributed by atoms with Crippen LogP contribution in [0.4, 0.5) is 0 Å². The van der Waals surface area contributed by atoms with E-state index in [9.17, 15) is 0 Å². The van der Waals surface area contributed by atoms with Gasteiger partial charge >= 0.3 is 0 Å². The Labute approximate surface area is 136 Å². The van der Waals surface area contributed by atoms with Gasteiger partial charge in [0.05, 0.1) is 18.1 Å². The highest BCUT2D eigenvalue weighted by molar-refractivity contribution is 5.48. The van der Waals surface area contributed by atoms with Crippen molar-refractivity contribution in [3.63, 3.8) is 0 Å². The molecule has 3 aromatic heterocycles. The number of pyridine rings is 1. The van der Waals surface area contributed by atoms with Crippen molar-refractivity contribution < 1.29 is 0 Å². The Kier molecular flexibility index (Phi) is 3.65. The highest BCUT2D eigenvalue weighted by Crippen LogP contribution is 2.29. The minimum atomic E-state index is 0.398. The normalized spacial score (nSPS) is 17.6. The van der Waals surface area contributed by atoms with Crippen LogP contribution >= 0.6 is 0 Å². The van der Waals surface area contributed by atoms with Crippen molar-refractivity contribution in [3.05, 3.63) is 53.2 Å². The Morgan fingerprint density at radius 2 is 2.26 bits per heavy atom. The van der Waals surface area contributed by atoms with Crippen LogP contribution in [0.25, 0.3) is 5.65 Å². The second-order valence-corrected chi connectivity index (χ2v) is 6.32. The number of hydrogen-bond donors (Lipinski definition) is 1. The molecule has 0 saturated carbocycles. The van der Waals surface area contributed by atoms with Crippen molar-refractivity contribution in [1.29, 1.82) is 0 Å². The molecule has 0 aromatic carbocycles. The van der Waals surface area contributed by atoms with Crippen molar-refractivity contribution in [2.45, 2.75) is 52.2 Å². The zero-order valence-corrected chi connectivity index (χ0v) is 13.8. The van der Waals surface area contributed by atoms with Gasteiger partial charge in [-0.15, -0.1) is 0 Å². The van der Waals surface area contributed by atoms with Gasteiger partial charge in [0.1, 0.15) is 5.65 Å². The number of nitrogens with one attached hydrogen (secondary N) is 1. The minimum absolute atomic E-state index is 0.398. The first-order chi connectivity index (χ1) is 11.3. The molecule has 3 heterocycles. The van der Waals surface area contributed by atoms with Gasteiger partial charge in [0.15, 0.2) is 0 Å². The quantitative estimate of drug-likeness (QED) is 0.806. The van der Waals surface area contributed by atoms with Crippen molar-refractivity contribution in [2.75, 3.05) is 0 Å². The lowest BCUT2D eigenvalue weighted by Gasteiger charge is -2.24. The Bertz CT molecular complexity index is 829. The SMILES string of the molecule is CCn1ncc2c1CCC[C@H]2NCc1cnc2c(C)cccn12. The summed E-state index contributed by atoms with van der Waals surface area (Å²) in [5, 5.41) is 8.25. The van der Waals surface area contributed by atoms with Crippen LogP contribution in [0.15, 0.2) is 30.7 Å². The van der Waals surface area contributed by atoms with Gasteiger partial charge in [0.25, 0.3) is 0 Å². The molecule has 0 saturated heterocycles. The van der Waals surface area contributed by atoms with Gasteiger partial charge < -0.3 is 9.72 Å². The Hall–Kier alpha value is -2.14. The average Bonchev–Trinajstić information content (AvgIpc) is 3.17. The summed E-state index contributed by atoms with van der Waals surface area (Å²) in [4.78, 5) is 4.55. The molecule has 0 spiro atoms. The van der Waals surface area contributed by atoms with E-state index in [4.69, 9.17) is 0 Å². The van der Waals surface area contributed by atoms with Gasteiger partial charge in [-0.05, 0) is 44.7 Å². The van der Waals surface area contributed by atoms with Crippen molar-refractivity contribution >= 4 is 5.65 Å². The third-order valence-electron chi connectivity index (χ3n) is 4.90. The third-order valence-corrected chi connectivity index (χ3v) is 4.90. The number of hydrogen-bond acceptors (Lipinski definition) is 3. The zero-order chi connectivity index (χ0) is 15.8. The third kappa shape index (κ3) is 2.45. The summed E-state index contributed by atoms with van der Waals surface area (Å²) in [6.45, 7) is 6.04. The monoisotopic (exact) mass is 309 g/mol. The van der Waals surface area contributed by atoms with E-state index in [1.54, 1.807) is 0 Å². The second kappa shape index (κ2) is 5.81. The van der Waals surface area contributed by atoms with E-state index in [-0.39, 0.29) is 0 Å². The lowest BCUT2D eigenvalue weighted by Crippen LogP contribution is -2.25. The molecule has 0 aliphatic heterocycles. The van der Waals surface area contributed by atoms with Crippen LogP contribution in [0.2, 0.25) is 0 Å². The van der Waals surface area contributed by atoms with Crippen LogP contribution in [0.3, 0.4) is 0 Å². The van der Waals surface area contributed by atoms with E-state index in [1.165, 1.54) is 35.4 Å². The molecule has 5 heteroatoms. The fourth-order valence-corrected chi connectivity index (χ4v) is 3.66. The summed E-state index contributed by atoms with van der Waals surface area (Å²) in [7, 11) is 0. The first-order valence-electron chi connectivity index (χ1n) is 8.47. The molecule has 1 N–H and O–H groups in total. The first-order valence-corrected chi connectivity index (χ1v) is 8.47. The van der Waals surface area contributed by atoms with E-state index in [0.717, 1.165) is 25.2 Å². The standard InChI is InChI=1S/C18H23N5/c1-3-23-17-8-4-7-16(15(17)12-21-23)19-10-14-11-20-18-13(2)6-5-9-22(14)18/h5-6,9,11-12,16,19H,3-4,7-8,10H2,1-2H3/t16-/m1/s1. The minimum Gasteiger partial charge on any atom is -0.304 e. The van der Waals surface area contributed by atoms with E-state index in [0.29, 0.717) is 6.04 Å². The molecule has 0 radical (unpaired) electrons. The summed E-state index contributed by atoms with van der Waals surface area (Å²) in [5.74, 6) is 0. The lowest BCUT2D eigenvalue weighted by atomic mass is 9.93. The maximum atomic E-state index is 4.55. The van der Waals surface area contributed by atoms with Crippen molar-refractivity contribution in [1.82, 2.24) is 24.5 Å². The topological polar surface area (TPSA) is 47.2 Å². The fraction of sp³-hybridized carbons (Fsp3) is 0.444. The van der Waals surface area contributed by atoms with Gasteiger partial charge in [0.2, 0.25) is 0 Å². The molecule has 4 rings (SSSR count). The molecule has 0 unspecified atom stereocenters. The van der Waals surface area contributed by atoms with Crippen LogP contribution < -0.4 is 5.32 Å². The molecule has 0 amide bonds. The predicted molar refractivity (Wildman–Crippen MR) is 90.3 cm³/mol. The Morgan fingerprint density at radius 1 is 1.35 bits per heavy atom. The fourth-order valence-electron chi connectivity index (χ4n) is 3.66. The van der Waals surface area contributed by atoms with Crippen LogP contribution in [0.1, 0.15) is 48.3 Å². The molecular formula is C18H23N5. The molecule has 1 aliphatic carbocycles. The number of aromatic nitrogens is 4. The van der Waals surface area contributed by atoms with Gasteiger partial charge in [-0.25, -0.2) is 4.98 Å². The van der Waals surface area contributed by atoms with E-state index >= 15 is 0 Å². The summed E-state index contributed by atoms with van der Waals surface area (Å²) in [6.07, 6.45) is 9.67. The number of fused-ring (bicyclic) bond motifs is 2. The molecule has 0 bridgehead atoms. The van der Waals surface area contributed by atoms with Crippen LogP contribution in [-0.4, -0.2) is 19.2 Å². The summed E-state index contributed by atoms with van der Waals surface area (Å²) < 4.78 is 4.32. The number of rotatable bonds is 4. The smallest absolute Gasteiger partial charge is 0.139 e. The Balaban J connectivity index is 1.56. The lowest BCUT2D eigenvalue weighted by molar-refractivity contribution is 0.445. The van der Waals surface area contributed by atoms with Crippen LogP contribution in [0.5, 0.6) is 0 Å². The second-order valence-electron chi connectivity index (χ2n) is 6.32. The molecule has 5 nitrogen and oxygen atoms in total. The number of imidazole rings is 1. The van der Waals surface area contributed by atoms with Crippen molar-refractivity contribution in [3.8, 4) is 0 Å². The predicted octanol–water partition coefficient (Wildman–Crippen LogP) is 3.03. The largest absolute Gasteiger partial charge is 0.304 e. The maximum absolute atomic E-state index is 4.55. The molecule has 1 aliphatic rings. The highest BCUT2D eigenvalue weighted by Gasteiger charge is 2.23. The summed E-state index contributed by atoms with van der Waals surface area (Å²) in [6, 6.07) is 4.58. The van der Waals surface area contributed by atoms with Gasteiger partial charge in [-0.1, -0.05) is 6.07 Å². The van der Waals surface area contributed by atoms with Gasteiger partial charge in [0, 0.05) is 36.6 Å².